The van der Waals surface area contributed by atoms with Crippen LogP contribution in [0.3, 0.4) is 0 Å². The lowest BCUT2D eigenvalue weighted by atomic mass is 10.5. The highest BCUT2D eigenvalue weighted by atomic mass is 16.7. The number of hydroxylamine groups is 1. The van der Waals surface area contributed by atoms with Crippen molar-refractivity contribution in [3.8, 4) is 0 Å². The highest BCUT2D eigenvalue weighted by Gasteiger charge is 2.07. The first-order valence-corrected chi connectivity index (χ1v) is 4.91. The van der Waals surface area contributed by atoms with E-state index in [0.29, 0.717) is 17.7 Å². The third-order valence-corrected chi connectivity index (χ3v) is 1.82. The molecule has 0 atom stereocenters. The molecule has 0 amide bonds. The van der Waals surface area contributed by atoms with Crippen LogP contribution in [0.2, 0.25) is 0 Å². The van der Waals surface area contributed by atoms with Gasteiger partial charge in [0.25, 0.3) is 5.95 Å². The lowest BCUT2D eigenvalue weighted by Gasteiger charge is -2.14. The van der Waals surface area contributed by atoms with Crippen molar-refractivity contribution in [2.45, 2.75) is 20.3 Å². The van der Waals surface area contributed by atoms with E-state index in [1.807, 2.05) is 6.92 Å². The molecule has 6 nitrogen and oxygen atoms in total. The summed E-state index contributed by atoms with van der Waals surface area (Å²) in [7, 11) is 3.32. The molecule has 1 N–H and O–H groups in total. The Morgan fingerprint density at radius 3 is 2.67 bits per heavy atom. The van der Waals surface area contributed by atoms with Crippen molar-refractivity contribution in [1.29, 1.82) is 0 Å². The summed E-state index contributed by atoms with van der Waals surface area (Å²) < 4.78 is 0. The molecule has 1 rings (SSSR count). The predicted octanol–water partition coefficient (Wildman–Crippen LogP) is 1.000. The Kier molecular flexibility index (Phi) is 4.23. The molecule has 15 heavy (non-hydrogen) atoms. The molecular formula is C9H17N5O. The van der Waals surface area contributed by atoms with E-state index in [-0.39, 0.29) is 0 Å². The highest BCUT2D eigenvalue weighted by Crippen LogP contribution is 2.08. The van der Waals surface area contributed by atoms with Gasteiger partial charge in [-0.05, 0) is 13.3 Å². The van der Waals surface area contributed by atoms with E-state index in [2.05, 4.69) is 27.2 Å². The second kappa shape index (κ2) is 5.45. The molecule has 0 saturated heterocycles. The Hall–Kier alpha value is -1.43. The quantitative estimate of drug-likeness (QED) is 0.733. The van der Waals surface area contributed by atoms with Gasteiger partial charge in [-0.2, -0.15) is 15.0 Å². The smallest absolute Gasteiger partial charge is 0.254 e. The monoisotopic (exact) mass is 211 g/mol. The molecule has 1 heterocycles. The van der Waals surface area contributed by atoms with E-state index in [4.69, 9.17) is 4.84 Å². The summed E-state index contributed by atoms with van der Waals surface area (Å²) in [5, 5.41) is 4.60. The molecule has 1 aromatic heterocycles. The van der Waals surface area contributed by atoms with Crippen LogP contribution in [-0.2, 0) is 4.84 Å². The lowest BCUT2D eigenvalue weighted by molar-refractivity contribution is 0.179. The fourth-order valence-electron chi connectivity index (χ4n) is 1.01. The zero-order chi connectivity index (χ0) is 11.3. The van der Waals surface area contributed by atoms with Crippen molar-refractivity contribution in [2.24, 2.45) is 0 Å². The maximum atomic E-state index is 5.00. The van der Waals surface area contributed by atoms with E-state index in [1.165, 1.54) is 5.06 Å². The molecule has 0 unspecified atom stereocenters. The maximum Gasteiger partial charge on any atom is 0.254 e. The molecular weight excluding hydrogens is 194 g/mol. The van der Waals surface area contributed by atoms with Gasteiger partial charge in [-0.1, -0.05) is 6.92 Å². The van der Waals surface area contributed by atoms with Gasteiger partial charge in [0.15, 0.2) is 0 Å². The first-order chi connectivity index (χ1) is 7.17. The van der Waals surface area contributed by atoms with E-state index in [9.17, 15) is 0 Å². The molecule has 6 heteroatoms. The van der Waals surface area contributed by atoms with Gasteiger partial charge in [0.2, 0.25) is 5.95 Å². The van der Waals surface area contributed by atoms with Crippen LogP contribution in [0, 0.1) is 6.92 Å². The number of rotatable bonds is 5. The Bertz CT molecular complexity index is 317. The molecule has 1 aromatic rings. The number of aromatic nitrogens is 3. The summed E-state index contributed by atoms with van der Waals surface area (Å²) in [4.78, 5) is 17.5. The summed E-state index contributed by atoms with van der Waals surface area (Å²) in [5.74, 6) is 1.76. The largest absolute Gasteiger partial charge is 0.354 e. The summed E-state index contributed by atoms with van der Waals surface area (Å²) in [6.07, 6.45) is 1.03. The van der Waals surface area contributed by atoms with Crippen LogP contribution in [0.4, 0.5) is 11.9 Å². The van der Waals surface area contributed by atoms with Crippen molar-refractivity contribution in [3.05, 3.63) is 5.82 Å². The van der Waals surface area contributed by atoms with Crippen LogP contribution in [0.25, 0.3) is 0 Å². The minimum Gasteiger partial charge on any atom is -0.354 e. The van der Waals surface area contributed by atoms with Crippen molar-refractivity contribution in [3.63, 3.8) is 0 Å². The molecule has 0 aliphatic rings. The van der Waals surface area contributed by atoms with Gasteiger partial charge in [0, 0.05) is 13.6 Å². The van der Waals surface area contributed by atoms with Gasteiger partial charge in [-0.25, -0.2) is 5.06 Å². The first kappa shape index (κ1) is 11.6. The normalized spacial score (nSPS) is 10.1. The van der Waals surface area contributed by atoms with Gasteiger partial charge in [0.05, 0.1) is 7.11 Å². The number of hydrogen-bond donors (Lipinski definition) is 1. The van der Waals surface area contributed by atoms with Gasteiger partial charge < -0.3 is 5.32 Å². The second-order valence-corrected chi connectivity index (χ2v) is 3.11. The zero-order valence-electron chi connectivity index (χ0n) is 9.61. The summed E-state index contributed by atoms with van der Waals surface area (Å²) in [6.45, 7) is 4.76. The molecule has 0 spiro atoms. The Morgan fingerprint density at radius 1 is 1.33 bits per heavy atom. The van der Waals surface area contributed by atoms with Crippen molar-refractivity contribution >= 4 is 11.9 Å². The molecule has 0 radical (unpaired) electrons. The molecule has 0 aliphatic carbocycles. The second-order valence-electron chi connectivity index (χ2n) is 3.11. The van der Waals surface area contributed by atoms with Crippen LogP contribution < -0.4 is 10.4 Å². The Labute approximate surface area is 89.7 Å². The third kappa shape index (κ3) is 3.32. The minimum absolute atomic E-state index is 0.503. The number of hydrogen-bond acceptors (Lipinski definition) is 6. The molecule has 0 saturated carbocycles. The minimum atomic E-state index is 0.503. The van der Waals surface area contributed by atoms with E-state index in [0.717, 1.165) is 13.0 Å². The molecule has 0 aromatic carbocycles. The van der Waals surface area contributed by atoms with Gasteiger partial charge in [-0.3, -0.25) is 4.84 Å². The molecule has 0 aliphatic heterocycles. The van der Waals surface area contributed by atoms with Crippen LogP contribution in [0.1, 0.15) is 19.2 Å². The molecule has 0 fully saturated rings. The zero-order valence-corrected chi connectivity index (χ0v) is 9.61. The molecule has 0 bridgehead atoms. The summed E-state index contributed by atoms with van der Waals surface area (Å²) in [5.41, 5.74) is 0. The molecule has 84 valence electrons. The summed E-state index contributed by atoms with van der Waals surface area (Å²) in [6, 6.07) is 0. The van der Waals surface area contributed by atoms with Crippen LogP contribution >= 0.6 is 0 Å². The van der Waals surface area contributed by atoms with E-state index in [1.54, 1.807) is 14.2 Å². The van der Waals surface area contributed by atoms with Gasteiger partial charge in [-0.15, -0.1) is 0 Å². The average Bonchev–Trinajstić information content (AvgIpc) is 2.24. The van der Waals surface area contributed by atoms with E-state index < -0.39 is 0 Å². The van der Waals surface area contributed by atoms with Gasteiger partial charge >= 0.3 is 0 Å². The number of anilines is 2. The van der Waals surface area contributed by atoms with Crippen LogP contribution in [-0.4, -0.2) is 35.7 Å². The number of nitrogens with one attached hydrogen (secondary N) is 1. The lowest BCUT2D eigenvalue weighted by Crippen LogP contribution is -2.19. The van der Waals surface area contributed by atoms with Crippen molar-refractivity contribution in [2.75, 3.05) is 31.1 Å². The summed E-state index contributed by atoms with van der Waals surface area (Å²) >= 11 is 0. The Balaban J connectivity index is 2.84. The topological polar surface area (TPSA) is 63.2 Å². The SMILES string of the molecule is CCCNc1nc(C)nc(N(C)OC)n1. The van der Waals surface area contributed by atoms with Crippen molar-refractivity contribution < 1.29 is 4.84 Å². The van der Waals surface area contributed by atoms with Gasteiger partial charge in [0.1, 0.15) is 5.82 Å². The fourth-order valence-corrected chi connectivity index (χ4v) is 1.01. The average molecular weight is 211 g/mol. The van der Waals surface area contributed by atoms with Crippen LogP contribution in [0.5, 0.6) is 0 Å². The number of aryl methyl sites for hydroxylation is 1. The van der Waals surface area contributed by atoms with E-state index >= 15 is 0 Å². The third-order valence-electron chi connectivity index (χ3n) is 1.82. The standard InChI is InChI=1S/C9H17N5O/c1-5-6-10-8-11-7(2)12-9(13-8)14(3)15-4/h5-6H2,1-4H3,(H,10,11,12,13). The van der Waals surface area contributed by atoms with Crippen molar-refractivity contribution in [1.82, 2.24) is 15.0 Å². The highest BCUT2D eigenvalue weighted by molar-refractivity contribution is 5.34. The first-order valence-electron chi connectivity index (χ1n) is 4.91. The number of nitrogens with zero attached hydrogens (tertiary/aromatic N) is 4. The predicted molar refractivity (Wildman–Crippen MR) is 58.8 cm³/mol. The maximum absolute atomic E-state index is 5.00. The fraction of sp³-hybridized carbons (Fsp3) is 0.667. The Morgan fingerprint density at radius 2 is 2.07 bits per heavy atom. The van der Waals surface area contributed by atoms with Crippen LogP contribution in [0.15, 0.2) is 0 Å².